The Labute approximate surface area is 194 Å². The molecule has 1 aliphatic carbocycles. The Hall–Kier alpha value is -2.12. The first kappa shape index (κ1) is 20.8. The minimum absolute atomic E-state index is 0.149. The number of aliphatic hydroxyl groups is 1. The van der Waals surface area contributed by atoms with Gasteiger partial charge in [-0.05, 0) is 36.2 Å². The Kier molecular flexibility index (Phi) is 5.01. The molecule has 4 unspecified atom stereocenters. The summed E-state index contributed by atoms with van der Waals surface area (Å²) in [6.45, 7) is 0.284. The number of pyridine rings is 1. The van der Waals surface area contributed by atoms with E-state index in [2.05, 4.69) is 33.0 Å². The van der Waals surface area contributed by atoms with Gasteiger partial charge in [-0.3, -0.25) is 0 Å². The van der Waals surface area contributed by atoms with E-state index in [-0.39, 0.29) is 29.4 Å². The van der Waals surface area contributed by atoms with Crippen LogP contribution in [-0.2, 0) is 11.2 Å². The van der Waals surface area contributed by atoms with E-state index in [9.17, 15) is 5.11 Å². The summed E-state index contributed by atoms with van der Waals surface area (Å²) in [4.78, 5) is 4.33. The van der Waals surface area contributed by atoms with Gasteiger partial charge in [0.05, 0.1) is 12.7 Å². The molecule has 3 N–H and O–H groups in total. The van der Waals surface area contributed by atoms with Gasteiger partial charge < -0.3 is 20.3 Å². The van der Waals surface area contributed by atoms with Crippen LogP contribution in [0.4, 0.5) is 0 Å². The van der Waals surface area contributed by atoms with Crippen molar-refractivity contribution in [2.75, 3.05) is 13.7 Å². The van der Waals surface area contributed by atoms with Crippen molar-refractivity contribution in [2.45, 2.75) is 23.5 Å². The summed E-state index contributed by atoms with van der Waals surface area (Å²) >= 11 is 9.77. The van der Waals surface area contributed by atoms with Gasteiger partial charge in [0, 0.05) is 22.4 Å². The maximum atomic E-state index is 12.6. The molecule has 3 aromatic rings. The average molecular weight is 502 g/mol. The van der Waals surface area contributed by atoms with Gasteiger partial charge in [0.15, 0.2) is 5.60 Å². The van der Waals surface area contributed by atoms with Gasteiger partial charge in [-0.15, -0.1) is 0 Å². The van der Waals surface area contributed by atoms with Gasteiger partial charge >= 0.3 is 0 Å². The molecule has 0 spiro atoms. The second-order valence-corrected chi connectivity index (χ2v) is 9.37. The first-order valence-electron chi connectivity index (χ1n) is 10.1. The van der Waals surface area contributed by atoms with E-state index in [1.165, 1.54) is 7.11 Å². The summed E-state index contributed by atoms with van der Waals surface area (Å²) in [5, 5.41) is 12.8. The molecule has 1 aliphatic heterocycles. The second kappa shape index (κ2) is 7.48. The number of hydrogen-bond donors (Lipinski definition) is 2. The van der Waals surface area contributed by atoms with Crippen LogP contribution in [0, 0.1) is 5.92 Å². The number of aromatic nitrogens is 1. The third-order valence-electron chi connectivity index (χ3n) is 6.69. The minimum Gasteiger partial charge on any atom is -0.481 e. The molecule has 1 saturated carbocycles. The Morgan fingerprint density at radius 2 is 1.94 bits per heavy atom. The van der Waals surface area contributed by atoms with Crippen LogP contribution in [-0.4, -0.2) is 23.7 Å². The Morgan fingerprint density at radius 3 is 2.58 bits per heavy atom. The van der Waals surface area contributed by atoms with Crippen LogP contribution in [0.3, 0.4) is 0 Å². The smallest absolute Gasteiger partial charge is 0.224 e. The first-order valence-corrected chi connectivity index (χ1v) is 11.3. The van der Waals surface area contributed by atoms with Crippen LogP contribution in [0.15, 0.2) is 65.1 Å². The molecular formula is C24H22BrClN2O3. The van der Waals surface area contributed by atoms with Crippen molar-refractivity contribution < 1.29 is 14.6 Å². The zero-order chi connectivity index (χ0) is 21.8. The first-order chi connectivity index (χ1) is 15.0. The van der Waals surface area contributed by atoms with Crippen LogP contribution in [0.25, 0.3) is 0 Å². The summed E-state index contributed by atoms with van der Waals surface area (Å²) in [5.41, 5.74) is 6.13. The maximum absolute atomic E-state index is 12.6. The quantitative estimate of drug-likeness (QED) is 0.505. The molecule has 7 heteroatoms. The van der Waals surface area contributed by atoms with E-state index < -0.39 is 11.2 Å². The molecule has 0 bridgehead atoms. The Balaban J connectivity index is 1.84. The van der Waals surface area contributed by atoms with Crippen LogP contribution in [0.1, 0.15) is 29.0 Å². The van der Waals surface area contributed by atoms with E-state index in [0.717, 1.165) is 15.6 Å². The third kappa shape index (κ3) is 2.79. The van der Waals surface area contributed by atoms with Crippen molar-refractivity contribution in [3.05, 3.63) is 87.0 Å². The van der Waals surface area contributed by atoms with Gasteiger partial charge in [0.1, 0.15) is 16.5 Å². The molecule has 1 fully saturated rings. The summed E-state index contributed by atoms with van der Waals surface area (Å²) in [6.07, 6.45) is 0.651. The molecule has 2 aliphatic rings. The van der Waals surface area contributed by atoms with Gasteiger partial charge in [-0.2, -0.15) is 0 Å². The molecular weight excluding hydrogens is 480 g/mol. The van der Waals surface area contributed by atoms with E-state index in [1.54, 1.807) is 6.07 Å². The Morgan fingerprint density at radius 1 is 1.23 bits per heavy atom. The predicted molar refractivity (Wildman–Crippen MR) is 122 cm³/mol. The number of rotatable bonds is 4. The lowest BCUT2D eigenvalue weighted by Crippen LogP contribution is -2.51. The van der Waals surface area contributed by atoms with Crippen molar-refractivity contribution >= 4 is 27.5 Å². The van der Waals surface area contributed by atoms with Gasteiger partial charge in [0.25, 0.3) is 0 Å². The van der Waals surface area contributed by atoms with Crippen molar-refractivity contribution in [2.24, 2.45) is 11.7 Å². The van der Waals surface area contributed by atoms with Gasteiger partial charge in [-0.25, -0.2) is 4.98 Å². The fourth-order valence-electron chi connectivity index (χ4n) is 5.45. The molecule has 0 amide bonds. The average Bonchev–Trinajstić information content (AvgIpc) is 3.18. The lowest BCUT2D eigenvalue weighted by atomic mass is 9.70. The van der Waals surface area contributed by atoms with Crippen molar-refractivity contribution in [1.82, 2.24) is 4.98 Å². The molecule has 160 valence electrons. The van der Waals surface area contributed by atoms with Crippen LogP contribution < -0.4 is 15.2 Å². The number of nitrogens with zero attached hydrogens (tertiary/aromatic N) is 1. The van der Waals surface area contributed by atoms with E-state index in [0.29, 0.717) is 17.7 Å². The number of methoxy groups -OCH3 is 1. The number of benzene rings is 2. The molecule has 2 aromatic carbocycles. The minimum atomic E-state index is -1.45. The monoisotopic (exact) mass is 500 g/mol. The molecule has 2 heterocycles. The molecule has 0 saturated heterocycles. The van der Waals surface area contributed by atoms with E-state index in [4.69, 9.17) is 26.8 Å². The van der Waals surface area contributed by atoms with E-state index >= 15 is 0 Å². The number of fused-ring (bicyclic) bond motifs is 3. The zero-order valence-electron chi connectivity index (χ0n) is 16.9. The topological polar surface area (TPSA) is 77.6 Å². The number of nitrogens with two attached hydrogens (primary N) is 1. The summed E-state index contributed by atoms with van der Waals surface area (Å²) in [5.74, 6) is 0.307. The largest absolute Gasteiger partial charge is 0.481 e. The summed E-state index contributed by atoms with van der Waals surface area (Å²) in [6, 6.07) is 19.6. The SMILES string of the molecule is COc1nc(Cl)cc2c1C1(O)C(CN)CC(c3ccccc3)C1(c1ccc(Br)cc1)O2. The second-order valence-electron chi connectivity index (χ2n) is 8.07. The number of halogens is 2. The standard InChI is InChI=1S/C24H22BrClN2O3/c1-30-22-21-19(12-20(26)28-22)31-24(15-7-9-17(25)10-8-15)18(14-5-3-2-4-6-14)11-16(13-27)23(21,24)29/h2-10,12,16,18,29H,11,13,27H2,1H3. The van der Waals surface area contributed by atoms with Crippen LogP contribution in [0.2, 0.25) is 5.15 Å². The normalized spacial score (nSPS) is 28.7. The lowest BCUT2D eigenvalue weighted by Gasteiger charge is -2.41. The highest BCUT2D eigenvalue weighted by Crippen LogP contribution is 2.69. The highest BCUT2D eigenvalue weighted by molar-refractivity contribution is 9.10. The fraction of sp³-hybridized carbons (Fsp3) is 0.292. The highest BCUT2D eigenvalue weighted by atomic mass is 79.9. The molecule has 1 aromatic heterocycles. The zero-order valence-corrected chi connectivity index (χ0v) is 19.2. The van der Waals surface area contributed by atoms with Crippen molar-refractivity contribution in [3.8, 4) is 11.6 Å². The summed E-state index contributed by atoms with van der Waals surface area (Å²) < 4.78 is 13.2. The predicted octanol–water partition coefficient (Wildman–Crippen LogP) is 4.74. The summed E-state index contributed by atoms with van der Waals surface area (Å²) in [7, 11) is 1.52. The lowest BCUT2D eigenvalue weighted by molar-refractivity contribution is -0.126. The van der Waals surface area contributed by atoms with Gasteiger partial charge in [-0.1, -0.05) is 70.0 Å². The molecule has 5 rings (SSSR count). The highest BCUT2D eigenvalue weighted by Gasteiger charge is 2.73. The van der Waals surface area contributed by atoms with Crippen LogP contribution in [0.5, 0.6) is 11.6 Å². The number of hydrogen-bond acceptors (Lipinski definition) is 5. The molecule has 5 nitrogen and oxygen atoms in total. The fourth-order valence-corrected chi connectivity index (χ4v) is 5.89. The van der Waals surface area contributed by atoms with E-state index in [1.807, 2.05) is 42.5 Å². The van der Waals surface area contributed by atoms with Crippen molar-refractivity contribution in [1.29, 1.82) is 0 Å². The maximum Gasteiger partial charge on any atom is 0.224 e. The number of ether oxygens (including phenoxy) is 2. The molecule has 0 radical (unpaired) electrons. The van der Waals surface area contributed by atoms with Crippen molar-refractivity contribution in [3.63, 3.8) is 0 Å². The molecule has 4 atom stereocenters. The van der Waals surface area contributed by atoms with Gasteiger partial charge in [0.2, 0.25) is 5.88 Å². The molecule has 31 heavy (non-hydrogen) atoms. The van der Waals surface area contributed by atoms with Crippen LogP contribution >= 0.6 is 27.5 Å². The third-order valence-corrected chi connectivity index (χ3v) is 7.41. The Bertz CT molecular complexity index is 1130.